The molecule has 7 heteroatoms. The number of hydrogen-bond acceptors (Lipinski definition) is 4. The summed E-state index contributed by atoms with van der Waals surface area (Å²) in [7, 11) is 0. The van der Waals surface area contributed by atoms with Gasteiger partial charge in [-0.3, -0.25) is 0 Å². The molecule has 13 rings (SSSR count). The molecule has 3 aromatic heterocycles. The van der Waals surface area contributed by atoms with Gasteiger partial charge >= 0.3 is 0 Å². The second-order valence-corrected chi connectivity index (χ2v) is 26.9. The van der Waals surface area contributed by atoms with E-state index in [1.54, 1.807) is 0 Å². The molecule has 0 spiro atoms. The molecule has 0 bridgehead atoms. The molecule has 0 aliphatic carbocycles. The molecule has 0 fully saturated rings. The Morgan fingerprint density at radius 1 is 0.351 bits per heavy atom. The third kappa shape index (κ3) is 17.9. The first kappa shape index (κ1) is 72.0. The SMILES string of the molecule is CC(C)(C)c1ccc(N(c2ccc(C(C)(C)C)cc2)c2cc[c-]c(-c3cc4ccccc4cn3)c2)cc1.CC(C)(C)c1cnc(-c2[c-]ccc(-c3ccccc3)c2)c2ccccc12.CCCCCCc1ccc(-c2cc[c-]c(-c3cc4ccccc4cn3)c2)cc1.[Ir].[Ir].[Ir]. The largest absolute Gasteiger partial charge is 0.328 e. The normalized spacial score (nSPS) is 11.3. The molecule has 10 aromatic carbocycles. The van der Waals surface area contributed by atoms with Crippen molar-refractivity contribution in [3.8, 4) is 56.0 Å². The molecule has 481 valence electrons. The number of rotatable bonds is 13. The van der Waals surface area contributed by atoms with Crippen LogP contribution < -0.4 is 4.90 Å². The monoisotopic (exact) mass is 1760 g/mol. The maximum absolute atomic E-state index is 4.85. The average Bonchev–Trinajstić information content (AvgIpc) is 0.819. The number of aromatic nitrogens is 3. The Labute approximate surface area is 599 Å². The summed E-state index contributed by atoms with van der Waals surface area (Å²) in [6.45, 7) is 22.5. The molecule has 4 nitrogen and oxygen atoms in total. The molecule has 0 unspecified atom stereocenters. The zero-order valence-corrected chi connectivity index (χ0v) is 62.8. The van der Waals surface area contributed by atoms with Gasteiger partial charge in [-0.05, 0) is 142 Å². The van der Waals surface area contributed by atoms with Gasteiger partial charge in [0, 0.05) is 90.3 Å². The van der Waals surface area contributed by atoms with E-state index in [-0.39, 0.29) is 76.6 Å². The van der Waals surface area contributed by atoms with Crippen LogP contribution in [0.4, 0.5) is 17.1 Å². The first-order chi connectivity index (χ1) is 44.0. The van der Waals surface area contributed by atoms with Crippen molar-refractivity contribution in [2.24, 2.45) is 0 Å². The van der Waals surface area contributed by atoms with Gasteiger partial charge in [-0.25, -0.2) is 0 Å². The zero-order valence-electron chi connectivity index (χ0n) is 55.7. The van der Waals surface area contributed by atoms with E-state index in [2.05, 4.69) is 304 Å². The maximum atomic E-state index is 4.85. The molecule has 0 aliphatic heterocycles. The summed E-state index contributed by atoms with van der Waals surface area (Å²) in [5.41, 5.74) is 19.7. The van der Waals surface area contributed by atoms with Crippen LogP contribution in [0.1, 0.15) is 117 Å². The summed E-state index contributed by atoms with van der Waals surface area (Å²) in [4.78, 5) is 16.6. The average molecular weight is 1760 g/mol. The molecular formula is C87H83Ir3N4-3. The minimum Gasteiger partial charge on any atom is -0.328 e. The predicted octanol–water partition coefficient (Wildman–Crippen LogP) is 23.9. The maximum Gasteiger partial charge on any atom is 0.0444 e. The Morgan fingerprint density at radius 3 is 1.33 bits per heavy atom. The van der Waals surface area contributed by atoms with Gasteiger partial charge in [0.15, 0.2) is 0 Å². The van der Waals surface area contributed by atoms with Crippen LogP contribution in [0.3, 0.4) is 0 Å². The Kier molecular flexibility index (Phi) is 24.9. The van der Waals surface area contributed by atoms with E-state index in [9.17, 15) is 0 Å². The second-order valence-electron chi connectivity index (χ2n) is 26.9. The van der Waals surface area contributed by atoms with Crippen LogP contribution in [0.25, 0.3) is 88.3 Å². The van der Waals surface area contributed by atoms with Crippen molar-refractivity contribution in [3.05, 3.63) is 302 Å². The van der Waals surface area contributed by atoms with E-state index >= 15 is 0 Å². The van der Waals surface area contributed by atoms with Gasteiger partial charge < -0.3 is 19.9 Å². The fourth-order valence-electron chi connectivity index (χ4n) is 11.7. The summed E-state index contributed by atoms with van der Waals surface area (Å²) in [5.74, 6) is 0. The zero-order chi connectivity index (χ0) is 63.5. The Hall–Kier alpha value is -7.82. The van der Waals surface area contributed by atoms with Crippen LogP contribution in [-0.4, -0.2) is 15.0 Å². The molecule has 3 heterocycles. The minimum atomic E-state index is 0. The molecule has 3 radical (unpaired) electrons. The first-order valence-electron chi connectivity index (χ1n) is 32.3. The standard InChI is InChI=1S/C35H35N2.C27H26N.C25H22N.3Ir/c1-34(2,3)28-14-18-30(19-15-28)37(31-20-16-29(17-21-31)35(4,5)6)32-13-9-12-26(22-32)33-23-25-10-7-8-11-27(25)24-36-33;1-2-3-4-5-9-21-14-16-22(17-15-21)23-12-8-13-25(18-23)27-19-24-10-6-7-11-26(24)20-28-27;1-25(2,3)23-17-26-24(22-15-8-7-14-21(22)23)20-13-9-12-19(16-20)18-10-5-4-6-11-18;;;/h7-11,13-24H,1-6H3;6-8,10-12,14-20H,2-5,9H2,1H3;4-12,14-17H,1-3H3;;;/q3*-1;;;. The van der Waals surface area contributed by atoms with Gasteiger partial charge in [0.05, 0.1) is 0 Å². The molecule has 0 atom stereocenters. The van der Waals surface area contributed by atoms with Crippen molar-refractivity contribution >= 4 is 49.4 Å². The fraction of sp³-hybridized carbons (Fsp3) is 0.207. The van der Waals surface area contributed by atoms with Crippen LogP contribution >= 0.6 is 0 Å². The van der Waals surface area contributed by atoms with Crippen molar-refractivity contribution in [2.75, 3.05) is 4.90 Å². The minimum absolute atomic E-state index is 0. The first-order valence-corrected chi connectivity index (χ1v) is 32.3. The summed E-state index contributed by atoms with van der Waals surface area (Å²) in [6, 6.07) is 95.9. The molecule has 0 amide bonds. The van der Waals surface area contributed by atoms with Crippen molar-refractivity contribution in [2.45, 2.75) is 118 Å². The smallest absolute Gasteiger partial charge is 0.0444 e. The topological polar surface area (TPSA) is 41.9 Å². The van der Waals surface area contributed by atoms with Gasteiger partial charge in [0.2, 0.25) is 0 Å². The summed E-state index contributed by atoms with van der Waals surface area (Å²) < 4.78 is 0. The number of benzene rings is 10. The Morgan fingerprint density at radius 2 is 0.809 bits per heavy atom. The Balaban J connectivity index is 0.000000181. The quantitative estimate of drug-likeness (QED) is 0.0852. The predicted molar refractivity (Wildman–Crippen MR) is 388 cm³/mol. The van der Waals surface area contributed by atoms with Crippen molar-refractivity contribution in [1.29, 1.82) is 0 Å². The van der Waals surface area contributed by atoms with Gasteiger partial charge in [-0.1, -0.05) is 252 Å². The van der Waals surface area contributed by atoms with E-state index in [0.29, 0.717) is 0 Å². The molecule has 0 saturated heterocycles. The number of fused-ring (bicyclic) bond motifs is 3. The van der Waals surface area contributed by atoms with Gasteiger partial charge in [-0.2, -0.15) is 0 Å². The van der Waals surface area contributed by atoms with E-state index < -0.39 is 0 Å². The van der Waals surface area contributed by atoms with Crippen molar-refractivity contribution in [1.82, 2.24) is 15.0 Å². The van der Waals surface area contributed by atoms with Crippen LogP contribution in [-0.2, 0) is 83.0 Å². The van der Waals surface area contributed by atoms with Crippen molar-refractivity contribution in [3.63, 3.8) is 0 Å². The molecule has 94 heavy (non-hydrogen) atoms. The van der Waals surface area contributed by atoms with Gasteiger partial charge in [0.1, 0.15) is 0 Å². The van der Waals surface area contributed by atoms with Crippen molar-refractivity contribution < 1.29 is 60.3 Å². The molecule has 0 aliphatic rings. The fourth-order valence-corrected chi connectivity index (χ4v) is 11.7. The summed E-state index contributed by atoms with van der Waals surface area (Å²) in [5, 5.41) is 7.14. The molecule has 0 saturated carbocycles. The summed E-state index contributed by atoms with van der Waals surface area (Å²) >= 11 is 0. The second kappa shape index (κ2) is 32.5. The number of hydrogen-bond donors (Lipinski definition) is 0. The van der Waals surface area contributed by atoms with E-state index in [0.717, 1.165) is 61.6 Å². The molecule has 13 aromatic rings. The molecule has 0 N–H and O–H groups in total. The number of nitrogens with zero attached hydrogens (tertiary/aromatic N) is 4. The van der Waals surface area contributed by atoms with Gasteiger partial charge in [-0.15, -0.1) is 101 Å². The Bertz CT molecular complexity index is 4500. The molecular weight excluding hydrogens is 1680 g/mol. The van der Waals surface area contributed by atoms with E-state index in [1.807, 2.05) is 55.0 Å². The van der Waals surface area contributed by atoms with Crippen LogP contribution in [0.15, 0.2) is 261 Å². The number of pyridine rings is 3. The van der Waals surface area contributed by atoms with Crippen LogP contribution in [0, 0.1) is 18.2 Å². The summed E-state index contributed by atoms with van der Waals surface area (Å²) in [6.07, 6.45) is 12.3. The third-order valence-corrected chi connectivity index (χ3v) is 17.0. The van der Waals surface area contributed by atoms with E-state index in [1.165, 1.54) is 98.2 Å². The number of anilines is 3. The number of unbranched alkanes of at least 4 members (excludes halogenated alkanes) is 3. The number of aryl methyl sites for hydroxylation is 1. The van der Waals surface area contributed by atoms with Crippen LogP contribution in [0.5, 0.6) is 0 Å². The van der Waals surface area contributed by atoms with E-state index in [4.69, 9.17) is 9.97 Å². The van der Waals surface area contributed by atoms with Gasteiger partial charge in [0.25, 0.3) is 0 Å². The van der Waals surface area contributed by atoms with Crippen LogP contribution in [0.2, 0.25) is 0 Å². The third-order valence-electron chi connectivity index (χ3n) is 17.0.